The smallest absolute Gasteiger partial charge is 0.152 e. The number of rotatable bonds is 1. The maximum Gasteiger partial charge on any atom is 0.152 e. The van der Waals surface area contributed by atoms with E-state index in [1.165, 1.54) is 0 Å². The number of aromatic nitrogens is 2. The zero-order chi connectivity index (χ0) is 10.8. The number of hydrogen-bond acceptors (Lipinski definition) is 3. The van der Waals surface area contributed by atoms with E-state index in [4.69, 9.17) is 11.6 Å². The highest BCUT2D eigenvalue weighted by Gasteiger charge is 2.08. The molecule has 0 aliphatic heterocycles. The number of halogens is 1. The Kier molecular flexibility index (Phi) is 2.56. The first-order valence-electron chi connectivity index (χ1n) is 4.46. The molecular weight excluding hydrogens is 212 g/mol. The summed E-state index contributed by atoms with van der Waals surface area (Å²) in [5.74, 6) is 0.192. The van der Waals surface area contributed by atoms with E-state index in [0.29, 0.717) is 16.4 Å². The Morgan fingerprint density at radius 1 is 1.20 bits per heavy atom. The van der Waals surface area contributed by atoms with Gasteiger partial charge in [-0.15, -0.1) is 10.2 Å². The molecule has 2 aromatic rings. The predicted octanol–water partition coefficient (Wildman–Crippen LogP) is 2.81. The molecule has 0 saturated carbocycles. The second-order valence-corrected chi connectivity index (χ2v) is 3.60. The van der Waals surface area contributed by atoms with Crippen LogP contribution < -0.4 is 0 Å². The summed E-state index contributed by atoms with van der Waals surface area (Å²) in [7, 11) is 0. The first-order chi connectivity index (χ1) is 7.18. The highest BCUT2D eigenvalue weighted by atomic mass is 35.5. The molecule has 3 nitrogen and oxygen atoms in total. The highest BCUT2D eigenvalue weighted by Crippen LogP contribution is 2.29. The van der Waals surface area contributed by atoms with Crippen molar-refractivity contribution in [1.82, 2.24) is 10.2 Å². The van der Waals surface area contributed by atoms with Crippen LogP contribution in [0.1, 0.15) is 5.56 Å². The van der Waals surface area contributed by atoms with Crippen molar-refractivity contribution in [2.75, 3.05) is 0 Å². The summed E-state index contributed by atoms with van der Waals surface area (Å²) in [6.45, 7) is 1.88. The Hall–Kier alpha value is -1.61. The van der Waals surface area contributed by atoms with Crippen molar-refractivity contribution in [3.05, 3.63) is 41.0 Å². The van der Waals surface area contributed by atoms with E-state index in [9.17, 15) is 5.11 Å². The lowest BCUT2D eigenvalue weighted by atomic mass is 10.1. The second kappa shape index (κ2) is 3.87. The molecule has 1 aromatic carbocycles. The van der Waals surface area contributed by atoms with E-state index in [1.807, 2.05) is 13.0 Å². The molecule has 1 heterocycles. The van der Waals surface area contributed by atoms with Crippen molar-refractivity contribution >= 4 is 11.6 Å². The number of aromatic hydroxyl groups is 1. The van der Waals surface area contributed by atoms with E-state index in [0.717, 1.165) is 5.56 Å². The van der Waals surface area contributed by atoms with Crippen LogP contribution in [0.3, 0.4) is 0 Å². The van der Waals surface area contributed by atoms with Gasteiger partial charge in [0.1, 0.15) is 5.75 Å². The zero-order valence-corrected chi connectivity index (χ0v) is 8.86. The fourth-order valence-corrected chi connectivity index (χ4v) is 1.59. The number of aryl methyl sites for hydroxylation is 1. The van der Waals surface area contributed by atoms with Crippen LogP contribution in [0.4, 0.5) is 0 Å². The molecule has 0 aliphatic carbocycles. The molecule has 0 aliphatic rings. The van der Waals surface area contributed by atoms with Gasteiger partial charge in [0.2, 0.25) is 0 Å². The van der Waals surface area contributed by atoms with E-state index in [2.05, 4.69) is 10.2 Å². The first kappa shape index (κ1) is 9.93. The molecular formula is C11H9ClN2O. The van der Waals surface area contributed by atoms with Crippen molar-refractivity contribution in [1.29, 1.82) is 0 Å². The maximum absolute atomic E-state index is 9.66. The normalized spacial score (nSPS) is 10.3. The van der Waals surface area contributed by atoms with Crippen LogP contribution in [0, 0.1) is 6.92 Å². The Morgan fingerprint density at radius 2 is 1.93 bits per heavy atom. The summed E-state index contributed by atoms with van der Waals surface area (Å²) in [5, 5.41) is 17.7. The largest absolute Gasteiger partial charge is 0.507 e. The summed E-state index contributed by atoms with van der Waals surface area (Å²) in [5.41, 5.74) is 2.20. The fourth-order valence-electron chi connectivity index (χ4n) is 1.39. The monoisotopic (exact) mass is 220 g/mol. The summed E-state index contributed by atoms with van der Waals surface area (Å²) in [4.78, 5) is 0. The third kappa shape index (κ3) is 1.92. The van der Waals surface area contributed by atoms with Gasteiger partial charge in [-0.25, -0.2) is 0 Å². The zero-order valence-electron chi connectivity index (χ0n) is 8.11. The Balaban J connectivity index is 2.60. The molecule has 0 fully saturated rings. The summed E-state index contributed by atoms with van der Waals surface area (Å²) >= 11 is 5.71. The molecule has 0 bridgehead atoms. The molecule has 76 valence electrons. The minimum Gasteiger partial charge on any atom is -0.507 e. The molecule has 0 unspecified atom stereocenters. The molecule has 15 heavy (non-hydrogen) atoms. The molecule has 0 atom stereocenters. The minimum absolute atomic E-state index is 0.192. The first-order valence-corrected chi connectivity index (χ1v) is 4.84. The number of benzene rings is 1. The number of nitrogens with zero attached hydrogens (tertiary/aromatic N) is 2. The van der Waals surface area contributed by atoms with Gasteiger partial charge < -0.3 is 5.11 Å². The molecule has 1 N–H and O–H groups in total. The van der Waals surface area contributed by atoms with Gasteiger partial charge in [-0.1, -0.05) is 23.7 Å². The number of phenolic OH excluding ortho intramolecular Hbond substituents is 1. The van der Waals surface area contributed by atoms with Crippen LogP contribution in [0.5, 0.6) is 5.75 Å². The number of para-hydroxylation sites is 1. The quantitative estimate of drug-likeness (QED) is 0.804. The molecule has 0 saturated heterocycles. The van der Waals surface area contributed by atoms with Gasteiger partial charge in [0, 0.05) is 5.56 Å². The average Bonchev–Trinajstić information content (AvgIpc) is 2.20. The number of hydrogen-bond donors (Lipinski definition) is 1. The molecule has 1 aromatic heterocycles. The van der Waals surface area contributed by atoms with Crippen molar-refractivity contribution in [2.45, 2.75) is 6.92 Å². The van der Waals surface area contributed by atoms with Gasteiger partial charge in [-0.05, 0) is 30.7 Å². The van der Waals surface area contributed by atoms with Crippen LogP contribution in [0.25, 0.3) is 11.3 Å². The van der Waals surface area contributed by atoms with Gasteiger partial charge in [-0.3, -0.25) is 0 Å². The van der Waals surface area contributed by atoms with Gasteiger partial charge in [0.05, 0.1) is 5.69 Å². The fraction of sp³-hybridized carbons (Fsp3) is 0.0909. The van der Waals surface area contributed by atoms with Crippen molar-refractivity contribution in [3.8, 4) is 17.0 Å². The third-order valence-electron chi connectivity index (χ3n) is 2.11. The van der Waals surface area contributed by atoms with Gasteiger partial charge in [0.15, 0.2) is 5.15 Å². The van der Waals surface area contributed by atoms with Crippen LogP contribution in [-0.2, 0) is 0 Å². The van der Waals surface area contributed by atoms with Gasteiger partial charge in [0.25, 0.3) is 0 Å². The lowest BCUT2D eigenvalue weighted by Gasteiger charge is -2.05. The van der Waals surface area contributed by atoms with E-state index in [-0.39, 0.29) is 5.75 Å². The SMILES string of the molecule is Cc1cc(Cl)nnc1-c1ccccc1O. The van der Waals surface area contributed by atoms with Crippen LogP contribution in [-0.4, -0.2) is 15.3 Å². The van der Waals surface area contributed by atoms with Crippen molar-refractivity contribution in [3.63, 3.8) is 0 Å². The van der Waals surface area contributed by atoms with E-state index >= 15 is 0 Å². The Labute approximate surface area is 92.4 Å². The maximum atomic E-state index is 9.66. The summed E-state index contributed by atoms with van der Waals surface area (Å²) in [6.07, 6.45) is 0. The van der Waals surface area contributed by atoms with Crippen LogP contribution >= 0.6 is 11.6 Å². The molecule has 0 amide bonds. The summed E-state index contributed by atoms with van der Waals surface area (Å²) in [6, 6.07) is 8.73. The highest BCUT2D eigenvalue weighted by molar-refractivity contribution is 6.29. The Morgan fingerprint density at radius 3 is 2.60 bits per heavy atom. The molecule has 0 spiro atoms. The molecule has 2 rings (SSSR count). The lowest BCUT2D eigenvalue weighted by molar-refractivity contribution is 0.477. The van der Waals surface area contributed by atoms with Gasteiger partial charge >= 0.3 is 0 Å². The van der Waals surface area contributed by atoms with Crippen LogP contribution in [0.2, 0.25) is 5.15 Å². The van der Waals surface area contributed by atoms with E-state index in [1.54, 1.807) is 24.3 Å². The second-order valence-electron chi connectivity index (χ2n) is 3.22. The van der Waals surface area contributed by atoms with Crippen molar-refractivity contribution < 1.29 is 5.11 Å². The average molecular weight is 221 g/mol. The standard InChI is InChI=1S/C11H9ClN2O/c1-7-6-10(12)13-14-11(7)8-4-2-3-5-9(8)15/h2-6,15H,1H3. The lowest BCUT2D eigenvalue weighted by Crippen LogP contribution is -1.92. The van der Waals surface area contributed by atoms with E-state index < -0.39 is 0 Å². The molecule has 4 heteroatoms. The van der Waals surface area contributed by atoms with Gasteiger partial charge in [-0.2, -0.15) is 0 Å². The molecule has 0 radical (unpaired) electrons. The van der Waals surface area contributed by atoms with Crippen LogP contribution in [0.15, 0.2) is 30.3 Å². The topological polar surface area (TPSA) is 46.0 Å². The minimum atomic E-state index is 0.192. The third-order valence-corrected chi connectivity index (χ3v) is 2.30. The summed E-state index contributed by atoms with van der Waals surface area (Å²) < 4.78 is 0. The van der Waals surface area contributed by atoms with Crippen molar-refractivity contribution in [2.24, 2.45) is 0 Å². The predicted molar refractivity (Wildman–Crippen MR) is 58.9 cm³/mol. The number of phenols is 1. The Bertz CT molecular complexity index is 500.